The first-order valence-electron chi connectivity index (χ1n) is 5.55. The molecule has 16 heavy (non-hydrogen) atoms. The van der Waals surface area contributed by atoms with Crippen LogP contribution in [0.2, 0.25) is 0 Å². The fourth-order valence-electron chi connectivity index (χ4n) is 1.62. The van der Waals surface area contributed by atoms with Crippen molar-refractivity contribution >= 4 is 15.9 Å². The number of hydrogen-bond donors (Lipinski definition) is 1. The lowest BCUT2D eigenvalue weighted by Gasteiger charge is -2.25. The van der Waals surface area contributed by atoms with Crippen molar-refractivity contribution in [2.75, 3.05) is 13.2 Å². The molecule has 0 spiro atoms. The van der Waals surface area contributed by atoms with Crippen LogP contribution in [0, 0.1) is 0 Å². The van der Waals surface area contributed by atoms with E-state index in [1.54, 1.807) is 0 Å². The average Bonchev–Trinajstić information content (AvgIpc) is 2.21. The molecule has 0 radical (unpaired) electrons. The number of hydrogen-bond acceptors (Lipinski definition) is 2. The molecule has 0 aliphatic rings. The van der Waals surface area contributed by atoms with Gasteiger partial charge in [0.25, 0.3) is 0 Å². The average molecular weight is 287 g/mol. The minimum atomic E-state index is -0.0119. The van der Waals surface area contributed by atoms with Crippen LogP contribution in [0.3, 0.4) is 0 Å². The number of ether oxygens (including phenoxy) is 1. The molecule has 0 aromatic heterocycles. The molecule has 0 saturated heterocycles. The fraction of sp³-hybridized carbons (Fsp3) is 0.538. The van der Waals surface area contributed by atoms with Crippen molar-refractivity contribution < 1.29 is 9.84 Å². The maximum atomic E-state index is 9.03. The summed E-state index contributed by atoms with van der Waals surface area (Å²) in [5.74, 6) is 0.867. The van der Waals surface area contributed by atoms with Crippen LogP contribution in [0.25, 0.3) is 0 Å². The molecule has 1 rings (SSSR count). The Morgan fingerprint density at radius 3 is 2.56 bits per heavy atom. The Balaban J connectivity index is 2.96. The Morgan fingerprint density at radius 1 is 1.38 bits per heavy atom. The van der Waals surface area contributed by atoms with Crippen molar-refractivity contribution in [2.24, 2.45) is 0 Å². The van der Waals surface area contributed by atoms with Crippen molar-refractivity contribution in [2.45, 2.75) is 32.6 Å². The molecular weight excluding hydrogens is 268 g/mol. The Hall–Kier alpha value is -0.540. The van der Waals surface area contributed by atoms with Crippen LogP contribution < -0.4 is 4.74 Å². The van der Waals surface area contributed by atoms with Crippen molar-refractivity contribution in [3.05, 3.63) is 28.2 Å². The first-order chi connectivity index (χ1) is 7.51. The summed E-state index contributed by atoms with van der Waals surface area (Å²) in [4.78, 5) is 0. The van der Waals surface area contributed by atoms with E-state index in [-0.39, 0.29) is 12.0 Å². The Morgan fingerprint density at radius 2 is 2.06 bits per heavy atom. The van der Waals surface area contributed by atoms with Gasteiger partial charge in [0.2, 0.25) is 0 Å². The SMILES string of the molecule is CCOc1ccc(C(C)(C)CCO)cc1Br. The van der Waals surface area contributed by atoms with E-state index in [9.17, 15) is 0 Å². The number of aliphatic hydroxyl groups excluding tert-OH is 1. The van der Waals surface area contributed by atoms with Crippen LogP contribution >= 0.6 is 15.9 Å². The smallest absolute Gasteiger partial charge is 0.133 e. The van der Waals surface area contributed by atoms with Crippen molar-refractivity contribution in [1.82, 2.24) is 0 Å². The highest BCUT2D eigenvalue weighted by Gasteiger charge is 2.20. The summed E-state index contributed by atoms with van der Waals surface area (Å²) >= 11 is 3.50. The second-order valence-electron chi connectivity index (χ2n) is 4.44. The van der Waals surface area contributed by atoms with Gasteiger partial charge in [-0.25, -0.2) is 0 Å². The lowest BCUT2D eigenvalue weighted by molar-refractivity contribution is 0.252. The molecule has 0 aliphatic heterocycles. The van der Waals surface area contributed by atoms with Gasteiger partial charge in [0.1, 0.15) is 5.75 Å². The molecule has 1 aromatic carbocycles. The highest BCUT2D eigenvalue weighted by molar-refractivity contribution is 9.10. The largest absolute Gasteiger partial charge is 0.493 e. The first-order valence-corrected chi connectivity index (χ1v) is 6.34. The van der Waals surface area contributed by atoms with Crippen LogP contribution in [-0.2, 0) is 5.41 Å². The molecule has 0 unspecified atom stereocenters. The molecule has 0 aliphatic carbocycles. The molecule has 2 nitrogen and oxygen atoms in total. The van der Waals surface area contributed by atoms with E-state index in [2.05, 4.69) is 41.9 Å². The molecule has 90 valence electrons. The Labute approximate surface area is 106 Å². The summed E-state index contributed by atoms with van der Waals surface area (Å²) in [7, 11) is 0. The zero-order chi connectivity index (χ0) is 12.2. The third-order valence-corrected chi connectivity index (χ3v) is 3.37. The lowest BCUT2D eigenvalue weighted by Crippen LogP contribution is -2.18. The standard InChI is InChI=1S/C13H19BrO2/c1-4-16-12-6-5-10(9-11(12)14)13(2,3)7-8-15/h5-6,9,15H,4,7-8H2,1-3H3. The van der Waals surface area contributed by atoms with Gasteiger partial charge in [0, 0.05) is 6.61 Å². The highest BCUT2D eigenvalue weighted by Crippen LogP contribution is 2.33. The number of aliphatic hydroxyl groups is 1. The van der Waals surface area contributed by atoms with E-state index in [0.29, 0.717) is 6.61 Å². The van der Waals surface area contributed by atoms with Gasteiger partial charge >= 0.3 is 0 Å². The first kappa shape index (κ1) is 13.5. The molecule has 0 heterocycles. The van der Waals surface area contributed by atoms with Gasteiger partial charge in [-0.15, -0.1) is 0 Å². The van der Waals surface area contributed by atoms with E-state index in [0.717, 1.165) is 16.6 Å². The molecule has 0 amide bonds. The summed E-state index contributed by atoms with van der Waals surface area (Å²) < 4.78 is 6.44. The monoisotopic (exact) mass is 286 g/mol. The number of halogens is 1. The van der Waals surface area contributed by atoms with Crippen LogP contribution in [0.15, 0.2) is 22.7 Å². The van der Waals surface area contributed by atoms with Crippen LogP contribution in [-0.4, -0.2) is 18.3 Å². The highest BCUT2D eigenvalue weighted by atomic mass is 79.9. The number of benzene rings is 1. The predicted octanol–water partition coefficient (Wildman–Crippen LogP) is 3.51. The third kappa shape index (κ3) is 3.22. The third-order valence-electron chi connectivity index (χ3n) is 2.75. The van der Waals surface area contributed by atoms with E-state index in [1.807, 2.05) is 13.0 Å². The summed E-state index contributed by atoms with van der Waals surface area (Å²) in [5.41, 5.74) is 1.19. The van der Waals surface area contributed by atoms with E-state index < -0.39 is 0 Å². The summed E-state index contributed by atoms with van der Waals surface area (Å²) in [6.07, 6.45) is 0.757. The maximum Gasteiger partial charge on any atom is 0.133 e. The lowest BCUT2D eigenvalue weighted by atomic mass is 9.82. The van der Waals surface area contributed by atoms with Gasteiger partial charge < -0.3 is 9.84 Å². The molecule has 3 heteroatoms. The van der Waals surface area contributed by atoms with Gasteiger partial charge in [0.05, 0.1) is 11.1 Å². The number of rotatable bonds is 5. The minimum absolute atomic E-state index is 0.0119. The fourth-order valence-corrected chi connectivity index (χ4v) is 2.11. The maximum absolute atomic E-state index is 9.03. The van der Waals surface area contributed by atoms with Crippen LogP contribution in [0.1, 0.15) is 32.8 Å². The van der Waals surface area contributed by atoms with E-state index in [1.165, 1.54) is 5.56 Å². The Bertz CT molecular complexity index is 348. The predicted molar refractivity (Wildman–Crippen MR) is 70.0 cm³/mol. The van der Waals surface area contributed by atoms with Crippen LogP contribution in [0.5, 0.6) is 5.75 Å². The molecule has 0 atom stereocenters. The van der Waals surface area contributed by atoms with Gasteiger partial charge in [-0.2, -0.15) is 0 Å². The quantitative estimate of drug-likeness (QED) is 0.898. The zero-order valence-electron chi connectivity index (χ0n) is 10.1. The topological polar surface area (TPSA) is 29.5 Å². The molecular formula is C13H19BrO2. The summed E-state index contributed by atoms with van der Waals surface area (Å²) in [5, 5.41) is 9.03. The summed E-state index contributed by atoms with van der Waals surface area (Å²) in [6.45, 7) is 7.10. The van der Waals surface area contributed by atoms with E-state index in [4.69, 9.17) is 9.84 Å². The van der Waals surface area contributed by atoms with Crippen LogP contribution in [0.4, 0.5) is 0 Å². The normalized spacial score (nSPS) is 11.6. The molecule has 1 N–H and O–H groups in total. The molecule has 0 saturated carbocycles. The second kappa shape index (κ2) is 5.69. The molecule has 0 fully saturated rings. The van der Waals surface area contributed by atoms with Gasteiger partial charge in [0.15, 0.2) is 0 Å². The zero-order valence-corrected chi connectivity index (χ0v) is 11.7. The second-order valence-corrected chi connectivity index (χ2v) is 5.29. The van der Waals surface area contributed by atoms with Gasteiger partial charge in [-0.1, -0.05) is 19.9 Å². The van der Waals surface area contributed by atoms with E-state index >= 15 is 0 Å². The Kier molecular flexibility index (Phi) is 4.81. The van der Waals surface area contributed by atoms with Crippen molar-refractivity contribution in [1.29, 1.82) is 0 Å². The van der Waals surface area contributed by atoms with Gasteiger partial charge in [-0.3, -0.25) is 0 Å². The molecule has 1 aromatic rings. The van der Waals surface area contributed by atoms with Crippen molar-refractivity contribution in [3.8, 4) is 5.75 Å². The summed E-state index contributed by atoms with van der Waals surface area (Å²) in [6, 6.07) is 6.11. The van der Waals surface area contributed by atoms with Crippen molar-refractivity contribution in [3.63, 3.8) is 0 Å². The molecule has 0 bridgehead atoms. The minimum Gasteiger partial charge on any atom is -0.493 e. The van der Waals surface area contributed by atoms with Gasteiger partial charge in [-0.05, 0) is 52.4 Å².